The molecule has 1 aliphatic rings. The van der Waals surface area contributed by atoms with Gasteiger partial charge in [-0.1, -0.05) is 18.2 Å². The van der Waals surface area contributed by atoms with E-state index < -0.39 is 31.0 Å². The highest BCUT2D eigenvalue weighted by atomic mass is 19.1. The summed E-state index contributed by atoms with van der Waals surface area (Å²) in [6.07, 6.45) is 1.11. The van der Waals surface area contributed by atoms with E-state index in [0.717, 1.165) is 0 Å². The molecule has 7 nitrogen and oxygen atoms in total. The van der Waals surface area contributed by atoms with Crippen LogP contribution in [-0.2, 0) is 14.4 Å². The summed E-state index contributed by atoms with van der Waals surface area (Å²) in [4.78, 5) is 48.6. The Kier molecular flexibility index (Phi) is 6.62. The summed E-state index contributed by atoms with van der Waals surface area (Å²) in [6, 6.07) is 7.78. The van der Waals surface area contributed by atoms with Gasteiger partial charge in [-0.25, -0.2) is 4.39 Å². The predicted octanol–water partition coefficient (Wildman–Crippen LogP) is 0.0622. The van der Waals surface area contributed by atoms with E-state index in [1.807, 2.05) is 0 Å². The van der Waals surface area contributed by atoms with Crippen LogP contribution in [0.25, 0.3) is 0 Å². The van der Waals surface area contributed by atoms with Crippen LogP contribution in [0.3, 0.4) is 0 Å². The second kappa shape index (κ2) is 8.91. The largest absolute Gasteiger partial charge is 0.347 e. The summed E-state index contributed by atoms with van der Waals surface area (Å²) in [7, 11) is 0. The average molecular weight is 349 g/mol. The Labute approximate surface area is 144 Å². The Morgan fingerprint density at radius 1 is 1.08 bits per heavy atom. The molecular formula is C17H20FN3O4. The third kappa shape index (κ3) is 5.10. The van der Waals surface area contributed by atoms with E-state index in [0.29, 0.717) is 24.9 Å². The van der Waals surface area contributed by atoms with Crippen molar-refractivity contribution in [3.8, 4) is 0 Å². The number of carbonyl (C=O) groups is 4. The van der Waals surface area contributed by atoms with Crippen LogP contribution in [0.5, 0.6) is 0 Å². The molecule has 0 aromatic heterocycles. The van der Waals surface area contributed by atoms with Crippen LogP contribution in [-0.4, -0.2) is 60.8 Å². The number of hydrogen-bond acceptors (Lipinski definition) is 4. The van der Waals surface area contributed by atoms with E-state index >= 15 is 0 Å². The zero-order valence-electron chi connectivity index (χ0n) is 13.7. The van der Waals surface area contributed by atoms with E-state index in [2.05, 4.69) is 10.6 Å². The monoisotopic (exact) mass is 349 g/mol. The minimum Gasteiger partial charge on any atom is -0.347 e. The zero-order valence-corrected chi connectivity index (χ0v) is 13.7. The maximum atomic E-state index is 12.3. The van der Waals surface area contributed by atoms with Crippen LogP contribution in [0, 0.1) is 0 Å². The fourth-order valence-corrected chi connectivity index (χ4v) is 2.64. The van der Waals surface area contributed by atoms with Gasteiger partial charge in [0, 0.05) is 12.1 Å². The minimum absolute atomic E-state index is 0.221. The van der Waals surface area contributed by atoms with Crippen molar-refractivity contribution in [1.82, 2.24) is 15.5 Å². The first kappa shape index (κ1) is 18.6. The molecule has 3 amide bonds. The number of rotatable bonds is 7. The SMILES string of the molecule is O=C(CF)CNC(=O)C1CCCN1C(=O)CNC(=O)c1ccccc1. The maximum absolute atomic E-state index is 12.3. The highest BCUT2D eigenvalue weighted by Crippen LogP contribution is 2.17. The fourth-order valence-electron chi connectivity index (χ4n) is 2.64. The van der Waals surface area contributed by atoms with Crippen LogP contribution in [0.1, 0.15) is 23.2 Å². The van der Waals surface area contributed by atoms with E-state index in [4.69, 9.17) is 0 Å². The molecule has 0 aliphatic carbocycles. The molecule has 1 fully saturated rings. The number of amides is 3. The lowest BCUT2D eigenvalue weighted by Crippen LogP contribution is -2.49. The zero-order chi connectivity index (χ0) is 18.2. The molecule has 2 rings (SSSR count). The molecule has 1 aliphatic heterocycles. The van der Waals surface area contributed by atoms with Crippen molar-refractivity contribution >= 4 is 23.5 Å². The molecule has 8 heteroatoms. The molecule has 1 unspecified atom stereocenters. The van der Waals surface area contributed by atoms with Gasteiger partial charge in [0.25, 0.3) is 5.91 Å². The molecule has 1 aromatic rings. The van der Waals surface area contributed by atoms with Crippen molar-refractivity contribution in [2.75, 3.05) is 26.3 Å². The fraction of sp³-hybridized carbons (Fsp3) is 0.412. The predicted molar refractivity (Wildman–Crippen MR) is 87.5 cm³/mol. The van der Waals surface area contributed by atoms with Gasteiger partial charge in [-0.15, -0.1) is 0 Å². The number of nitrogens with zero attached hydrogens (tertiary/aromatic N) is 1. The Balaban J connectivity index is 1.86. The van der Waals surface area contributed by atoms with Crippen LogP contribution < -0.4 is 10.6 Å². The minimum atomic E-state index is -1.14. The Morgan fingerprint density at radius 2 is 1.80 bits per heavy atom. The Hall–Kier alpha value is -2.77. The summed E-state index contributed by atoms with van der Waals surface area (Å²) in [6.45, 7) is -1.35. The average Bonchev–Trinajstić information content (AvgIpc) is 3.14. The van der Waals surface area contributed by atoms with Crippen molar-refractivity contribution in [3.05, 3.63) is 35.9 Å². The molecule has 0 bridgehead atoms. The molecule has 2 N–H and O–H groups in total. The van der Waals surface area contributed by atoms with E-state index in [9.17, 15) is 23.6 Å². The number of alkyl halides is 1. The van der Waals surface area contributed by atoms with Crippen molar-refractivity contribution in [1.29, 1.82) is 0 Å². The topological polar surface area (TPSA) is 95.6 Å². The van der Waals surface area contributed by atoms with Crippen LogP contribution >= 0.6 is 0 Å². The van der Waals surface area contributed by atoms with Gasteiger partial charge >= 0.3 is 0 Å². The second-order valence-corrected chi connectivity index (χ2v) is 5.68. The van der Waals surface area contributed by atoms with Crippen LogP contribution in [0.15, 0.2) is 30.3 Å². The number of likely N-dealkylation sites (tertiary alicyclic amines) is 1. The summed E-state index contributed by atoms with van der Waals surface area (Å²) in [5, 5.41) is 4.87. The summed E-state index contributed by atoms with van der Waals surface area (Å²) in [5.41, 5.74) is 0.441. The van der Waals surface area contributed by atoms with E-state index in [1.165, 1.54) is 4.90 Å². The normalized spacial score (nSPS) is 16.4. The van der Waals surface area contributed by atoms with Gasteiger partial charge < -0.3 is 15.5 Å². The lowest BCUT2D eigenvalue weighted by atomic mass is 10.2. The highest BCUT2D eigenvalue weighted by molar-refractivity contribution is 5.97. The van der Waals surface area contributed by atoms with Crippen molar-refractivity contribution < 1.29 is 23.6 Å². The Bertz CT molecular complexity index is 651. The smallest absolute Gasteiger partial charge is 0.251 e. The van der Waals surface area contributed by atoms with Crippen LogP contribution in [0.4, 0.5) is 4.39 Å². The first-order valence-corrected chi connectivity index (χ1v) is 8.01. The number of Topliss-reactive ketones (excluding diaryl/α,β-unsaturated/α-hetero) is 1. The number of benzene rings is 1. The van der Waals surface area contributed by atoms with Gasteiger partial charge in [0.2, 0.25) is 11.8 Å². The van der Waals surface area contributed by atoms with E-state index in [-0.39, 0.29) is 18.4 Å². The van der Waals surface area contributed by atoms with Crippen molar-refractivity contribution in [2.24, 2.45) is 0 Å². The van der Waals surface area contributed by atoms with E-state index in [1.54, 1.807) is 30.3 Å². The number of hydrogen-bond donors (Lipinski definition) is 2. The molecule has 1 heterocycles. The third-order valence-electron chi connectivity index (χ3n) is 3.92. The number of carbonyl (C=O) groups excluding carboxylic acids is 4. The van der Waals surface area contributed by atoms with Gasteiger partial charge in [0.15, 0.2) is 5.78 Å². The summed E-state index contributed by atoms with van der Waals surface area (Å²) >= 11 is 0. The van der Waals surface area contributed by atoms with Gasteiger partial charge in [-0.3, -0.25) is 19.2 Å². The molecule has 1 atom stereocenters. The van der Waals surface area contributed by atoms with Gasteiger partial charge in [0.05, 0.1) is 13.1 Å². The second-order valence-electron chi connectivity index (χ2n) is 5.68. The lowest BCUT2D eigenvalue weighted by Gasteiger charge is -2.24. The number of ketones is 1. The van der Waals surface area contributed by atoms with Gasteiger partial charge in [-0.05, 0) is 25.0 Å². The maximum Gasteiger partial charge on any atom is 0.251 e. The van der Waals surface area contributed by atoms with Crippen molar-refractivity contribution in [3.63, 3.8) is 0 Å². The lowest BCUT2D eigenvalue weighted by molar-refractivity contribution is -0.138. The molecule has 0 spiro atoms. The molecule has 1 saturated heterocycles. The summed E-state index contributed by atoms with van der Waals surface area (Å²) in [5.74, 6) is -1.96. The first-order valence-electron chi connectivity index (χ1n) is 8.01. The molecule has 0 saturated carbocycles. The highest BCUT2D eigenvalue weighted by Gasteiger charge is 2.34. The molecule has 0 radical (unpaired) electrons. The first-order chi connectivity index (χ1) is 12.0. The Morgan fingerprint density at radius 3 is 2.48 bits per heavy atom. The summed E-state index contributed by atoms with van der Waals surface area (Å²) < 4.78 is 12.1. The molecule has 1 aromatic carbocycles. The third-order valence-corrected chi connectivity index (χ3v) is 3.92. The quantitative estimate of drug-likeness (QED) is 0.728. The van der Waals surface area contributed by atoms with Crippen LogP contribution in [0.2, 0.25) is 0 Å². The molecular weight excluding hydrogens is 329 g/mol. The number of halogens is 1. The van der Waals surface area contributed by atoms with Gasteiger partial charge in [0.1, 0.15) is 12.7 Å². The standard InChI is InChI=1S/C17H20FN3O4/c18-9-13(22)10-19-17(25)14-7-4-8-21(14)15(23)11-20-16(24)12-5-2-1-3-6-12/h1-3,5-6,14H,4,7-11H2,(H,19,25)(H,20,24). The molecule has 134 valence electrons. The van der Waals surface area contributed by atoms with Crippen molar-refractivity contribution in [2.45, 2.75) is 18.9 Å². The number of nitrogens with one attached hydrogen (secondary N) is 2. The van der Waals surface area contributed by atoms with Gasteiger partial charge in [-0.2, -0.15) is 0 Å². The molecule has 25 heavy (non-hydrogen) atoms.